The third-order valence-corrected chi connectivity index (χ3v) is 4.12. The number of hydrogen-bond acceptors (Lipinski definition) is 2. The number of piperidine rings is 1. The van der Waals surface area contributed by atoms with Crippen LogP contribution in [0.25, 0.3) is 0 Å². The molecular weight excluding hydrogens is 222 g/mol. The van der Waals surface area contributed by atoms with Crippen LogP contribution >= 0.6 is 0 Å². The number of nitrogens with zero attached hydrogens (tertiary/aromatic N) is 1. The minimum Gasteiger partial charge on any atom is -0.393 e. The van der Waals surface area contributed by atoms with Crippen LogP contribution in [0.15, 0.2) is 30.3 Å². The molecule has 1 heterocycles. The van der Waals surface area contributed by atoms with Gasteiger partial charge in [-0.15, -0.1) is 0 Å². The maximum Gasteiger partial charge on any atom is 0.0552 e. The Morgan fingerprint density at radius 2 is 2.00 bits per heavy atom. The van der Waals surface area contributed by atoms with Gasteiger partial charge in [0.2, 0.25) is 0 Å². The second kappa shape index (κ2) is 6.35. The molecule has 1 saturated heterocycles. The number of rotatable bonds is 4. The van der Waals surface area contributed by atoms with Crippen LogP contribution in [0.1, 0.15) is 38.2 Å². The summed E-state index contributed by atoms with van der Waals surface area (Å²) >= 11 is 0. The zero-order valence-corrected chi connectivity index (χ0v) is 11.5. The third kappa shape index (κ3) is 3.56. The van der Waals surface area contributed by atoms with Gasteiger partial charge >= 0.3 is 0 Å². The monoisotopic (exact) mass is 247 g/mol. The molecule has 1 aliphatic heterocycles. The molecule has 1 aromatic carbocycles. The molecule has 2 nitrogen and oxygen atoms in total. The minimum absolute atomic E-state index is 0.167. The quantitative estimate of drug-likeness (QED) is 0.884. The van der Waals surface area contributed by atoms with E-state index in [0.29, 0.717) is 11.8 Å². The first-order valence-electron chi connectivity index (χ1n) is 7.12. The summed E-state index contributed by atoms with van der Waals surface area (Å²) in [6.07, 6.45) is 2.23. The lowest BCUT2D eigenvalue weighted by atomic mass is 9.92. The number of aliphatic hydroxyl groups is 1. The van der Waals surface area contributed by atoms with Crippen molar-refractivity contribution in [1.29, 1.82) is 0 Å². The maximum atomic E-state index is 9.72. The molecule has 2 heteroatoms. The van der Waals surface area contributed by atoms with Crippen LogP contribution < -0.4 is 0 Å². The standard InChI is InChI=1S/C16H25NO/c1-13(15-7-4-3-5-8-15)11-17-10-6-9-16(12-17)14(2)18/h3-5,7-8,13-14,16,18H,6,9-12H2,1-2H3. The van der Waals surface area contributed by atoms with Crippen LogP contribution in [0.4, 0.5) is 0 Å². The molecule has 0 spiro atoms. The molecule has 1 aromatic rings. The van der Waals surface area contributed by atoms with E-state index in [9.17, 15) is 5.11 Å². The Bertz CT molecular complexity index is 349. The van der Waals surface area contributed by atoms with Gasteiger partial charge in [-0.3, -0.25) is 0 Å². The summed E-state index contributed by atoms with van der Waals surface area (Å²) in [5.41, 5.74) is 1.41. The van der Waals surface area contributed by atoms with Crippen molar-refractivity contribution in [2.45, 2.75) is 38.7 Å². The molecule has 3 atom stereocenters. The molecule has 0 radical (unpaired) electrons. The summed E-state index contributed by atoms with van der Waals surface area (Å²) in [7, 11) is 0. The van der Waals surface area contributed by atoms with Crippen LogP contribution in [-0.2, 0) is 0 Å². The largest absolute Gasteiger partial charge is 0.393 e. The van der Waals surface area contributed by atoms with Crippen molar-refractivity contribution in [1.82, 2.24) is 4.90 Å². The van der Waals surface area contributed by atoms with E-state index < -0.39 is 0 Å². The van der Waals surface area contributed by atoms with Crippen molar-refractivity contribution in [2.24, 2.45) is 5.92 Å². The highest BCUT2D eigenvalue weighted by atomic mass is 16.3. The lowest BCUT2D eigenvalue weighted by Crippen LogP contribution is -2.41. The van der Waals surface area contributed by atoms with Crippen molar-refractivity contribution in [3.8, 4) is 0 Å². The highest BCUT2D eigenvalue weighted by Gasteiger charge is 2.24. The van der Waals surface area contributed by atoms with E-state index in [0.717, 1.165) is 13.1 Å². The van der Waals surface area contributed by atoms with E-state index in [1.165, 1.54) is 24.9 Å². The Morgan fingerprint density at radius 1 is 1.28 bits per heavy atom. The molecule has 0 saturated carbocycles. The SMILES string of the molecule is CC(CN1CCCC(C(C)O)C1)c1ccccc1. The van der Waals surface area contributed by atoms with E-state index in [1.54, 1.807) is 0 Å². The summed E-state index contributed by atoms with van der Waals surface area (Å²) in [5.74, 6) is 1.03. The topological polar surface area (TPSA) is 23.5 Å². The van der Waals surface area contributed by atoms with E-state index in [1.807, 2.05) is 6.92 Å². The van der Waals surface area contributed by atoms with E-state index >= 15 is 0 Å². The zero-order valence-electron chi connectivity index (χ0n) is 11.5. The van der Waals surface area contributed by atoms with Gasteiger partial charge in [0.05, 0.1) is 6.10 Å². The second-order valence-electron chi connectivity index (χ2n) is 5.71. The summed E-state index contributed by atoms with van der Waals surface area (Å²) in [6, 6.07) is 10.7. The van der Waals surface area contributed by atoms with Crippen LogP contribution in [-0.4, -0.2) is 35.7 Å². The molecule has 100 valence electrons. The lowest BCUT2D eigenvalue weighted by molar-refractivity contribution is 0.0610. The van der Waals surface area contributed by atoms with Crippen molar-refractivity contribution in [3.05, 3.63) is 35.9 Å². The average Bonchev–Trinajstić information content (AvgIpc) is 2.40. The van der Waals surface area contributed by atoms with Crippen LogP contribution in [0, 0.1) is 5.92 Å². The summed E-state index contributed by atoms with van der Waals surface area (Å²) in [6.45, 7) is 7.55. The molecule has 2 rings (SSSR count). The normalized spacial score (nSPS) is 24.7. The summed E-state index contributed by atoms with van der Waals surface area (Å²) in [4.78, 5) is 2.51. The van der Waals surface area contributed by atoms with Gasteiger partial charge in [0, 0.05) is 13.1 Å². The Hall–Kier alpha value is -0.860. The third-order valence-electron chi connectivity index (χ3n) is 4.12. The van der Waals surface area contributed by atoms with Crippen LogP contribution in [0.3, 0.4) is 0 Å². The van der Waals surface area contributed by atoms with Gasteiger partial charge in [-0.2, -0.15) is 0 Å². The first kappa shape index (κ1) is 13.6. The van der Waals surface area contributed by atoms with Gasteiger partial charge in [-0.25, -0.2) is 0 Å². The first-order chi connectivity index (χ1) is 8.66. The second-order valence-corrected chi connectivity index (χ2v) is 5.71. The Morgan fingerprint density at radius 3 is 2.67 bits per heavy atom. The first-order valence-corrected chi connectivity index (χ1v) is 7.12. The van der Waals surface area contributed by atoms with Crippen molar-refractivity contribution < 1.29 is 5.11 Å². The van der Waals surface area contributed by atoms with E-state index in [2.05, 4.69) is 42.2 Å². The molecule has 0 amide bonds. The predicted molar refractivity (Wildman–Crippen MR) is 75.7 cm³/mol. The molecule has 18 heavy (non-hydrogen) atoms. The van der Waals surface area contributed by atoms with Crippen molar-refractivity contribution >= 4 is 0 Å². The molecule has 1 aliphatic rings. The van der Waals surface area contributed by atoms with Gasteiger partial charge in [-0.1, -0.05) is 37.3 Å². The fourth-order valence-electron chi connectivity index (χ4n) is 2.93. The van der Waals surface area contributed by atoms with Crippen molar-refractivity contribution in [3.63, 3.8) is 0 Å². The van der Waals surface area contributed by atoms with Gasteiger partial charge < -0.3 is 10.0 Å². The van der Waals surface area contributed by atoms with Crippen molar-refractivity contribution in [2.75, 3.05) is 19.6 Å². The van der Waals surface area contributed by atoms with E-state index in [-0.39, 0.29) is 6.10 Å². The molecule has 0 bridgehead atoms. The maximum absolute atomic E-state index is 9.72. The molecular formula is C16H25NO. The molecule has 1 N–H and O–H groups in total. The Labute approximate surface area is 111 Å². The van der Waals surface area contributed by atoms with Gasteiger partial charge in [-0.05, 0) is 43.7 Å². The van der Waals surface area contributed by atoms with Crippen LogP contribution in [0.5, 0.6) is 0 Å². The number of hydrogen-bond donors (Lipinski definition) is 1. The fraction of sp³-hybridized carbons (Fsp3) is 0.625. The average molecular weight is 247 g/mol. The highest BCUT2D eigenvalue weighted by molar-refractivity contribution is 5.19. The summed E-state index contributed by atoms with van der Waals surface area (Å²) < 4.78 is 0. The fourth-order valence-corrected chi connectivity index (χ4v) is 2.93. The van der Waals surface area contributed by atoms with Gasteiger partial charge in [0.25, 0.3) is 0 Å². The minimum atomic E-state index is -0.167. The molecule has 1 fully saturated rings. The number of benzene rings is 1. The number of likely N-dealkylation sites (tertiary alicyclic amines) is 1. The van der Waals surface area contributed by atoms with Gasteiger partial charge in [0.1, 0.15) is 0 Å². The molecule has 0 aliphatic carbocycles. The van der Waals surface area contributed by atoms with Crippen LogP contribution in [0.2, 0.25) is 0 Å². The Balaban J connectivity index is 1.89. The smallest absolute Gasteiger partial charge is 0.0552 e. The highest BCUT2D eigenvalue weighted by Crippen LogP contribution is 2.23. The summed E-state index contributed by atoms with van der Waals surface area (Å²) in [5, 5.41) is 9.72. The number of aliphatic hydroxyl groups excluding tert-OH is 1. The molecule has 3 unspecified atom stereocenters. The lowest BCUT2D eigenvalue weighted by Gasteiger charge is -2.35. The zero-order chi connectivity index (χ0) is 13.0. The van der Waals surface area contributed by atoms with Gasteiger partial charge in [0.15, 0.2) is 0 Å². The predicted octanol–water partition coefficient (Wildman–Crippen LogP) is 2.88. The Kier molecular flexibility index (Phi) is 4.79. The van der Waals surface area contributed by atoms with E-state index in [4.69, 9.17) is 0 Å². The molecule has 0 aromatic heterocycles.